The van der Waals surface area contributed by atoms with Crippen molar-refractivity contribution in [3.05, 3.63) is 51.7 Å². The molecule has 1 aromatic carbocycles. The number of nitrogen functional groups attached to an aromatic ring is 1. The van der Waals surface area contributed by atoms with Gasteiger partial charge in [-0.15, -0.1) is 11.3 Å². The average Bonchev–Trinajstić information content (AvgIpc) is 2.84. The van der Waals surface area contributed by atoms with E-state index in [1.54, 1.807) is 35.6 Å². The third kappa shape index (κ3) is 2.90. The predicted octanol–water partition coefficient (Wildman–Crippen LogP) is 2.82. The second kappa shape index (κ2) is 5.69. The van der Waals surface area contributed by atoms with E-state index in [0.29, 0.717) is 17.8 Å². The summed E-state index contributed by atoms with van der Waals surface area (Å²) >= 11 is 1.68. The van der Waals surface area contributed by atoms with E-state index in [1.807, 2.05) is 0 Å². The van der Waals surface area contributed by atoms with Crippen LogP contribution in [-0.4, -0.2) is 5.91 Å². The number of benzene rings is 1. The molecule has 0 aliphatic rings. The van der Waals surface area contributed by atoms with Gasteiger partial charge in [0.2, 0.25) is 0 Å². The van der Waals surface area contributed by atoms with Gasteiger partial charge in [-0.1, -0.05) is 6.92 Å². The Labute approximate surface area is 111 Å². The van der Waals surface area contributed by atoms with Crippen LogP contribution in [0.15, 0.2) is 35.7 Å². The smallest absolute Gasteiger partial charge is 0.251 e. The van der Waals surface area contributed by atoms with E-state index in [1.165, 1.54) is 10.4 Å². The van der Waals surface area contributed by atoms with E-state index in [4.69, 9.17) is 5.73 Å². The quantitative estimate of drug-likeness (QED) is 0.831. The average molecular weight is 260 g/mol. The van der Waals surface area contributed by atoms with E-state index in [9.17, 15) is 4.79 Å². The zero-order chi connectivity index (χ0) is 13.0. The number of hydrogen-bond donors (Lipinski definition) is 2. The molecule has 0 aliphatic carbocycles. The fraction of sp³-hybridized carbons (Fsp3) is 0.214. The molecular weight excluding hydrogens is 244 g/mol. The molecule has 1 amide bonds. The molecule has 0 aliphatic heterocycles. The van der Waals surface area contributed by atoms with Crippen molar-refractivity contribution in [2.45, 2.75) is 19.9 Å². The number of hydrogen-bond acceptors (Lipinski definition) is 3. The van der Waals surface area contributed by atoms with Gasteiger partial charge in [-0.3, -0.25) is 4.79 Å². The standard InChI is InChI=1S/C14H16N2OS/c1-2-10-7-8-18-13(10)9-16-14(17)11-3-5-12(15)6-4-11/h3-8H,2,9,15H2,1H3,(H,16,17). The number of nitrogens with one attached hydrogen (secondary N) is 1. The van der Waals surface area contributed by atoms with Crippen molar-refractivity contribution in [1.29, 1.82) is 0 Å². The minimum Gasteiger partial charge on any atom is -0.399 e. The summed E-state index contributed by atoms with van der Waals surface area (Å²) < 4.78 is 0. The molecule has 0 radical (unpaired) electrons. The number of thiophene rings is 1. The van der Waals surface area contributed by atoms with E-state index in [2.05, 4.69) is 23.7 Å². The Morgan fingerprint density at radius 1 is 1.28 bits per heavy atom. The van der Waals surface area contributed by atoms with Crippen molar-refractivity contribution in [2.24, 2.45) is 0 Å². The summed E-state index contributed by atoms with van der Waals surface area (Å²) in [5, 5.41) is 4.99. The van der Waals surface area contributed by atoms with Gasteiger partial charge >= 0.3 is 0 Å². The summed E-state index contributed by atoms with van der Waals surface area (Å²) in [5.74, 6) is -0.0644. The van der Waals surface area contributed by atoms with Crippen LogP contribution in [0.25, 0.3) is 0 Å². The van der Waals surface area contributed by atoms with Gasteiger partial charge < -0.3 is 11.1 Å². The Hall–Kier alpha value is -1.81. The van der Waals surface area contributed by atoms with Crippen LogP contribution in [0, 0.1) is 0 Å². The SMILES string of the molecule is CCc1ccsc1CNC(=O)c1ccc(N)cc1. The first-order valence-corrected chi connectivity index (χ1v) is 6.77. The van der Waals surface area contributed by atoms with Crippen molar-refractivity contribution in [3.8, 4) is 0 Å². The van der Waals surface area contributed by atoms with Crippen LogP contribution in [0.5, 0.6) is 0 Å². The molecule has 3 N–H and O–H groups in total. The number of aryl methyl sites for hydroxylation is 1. The Morgan fingerprint density at radius 2 is 2.00 bits per heavy atom. The zero-order valence-electron chi connectivity index (χ0n) is 10.3. The van der Waals surface area contributed by atoms with Crippen LogP contribution < -0.4 is 11.1 Å². The molecule has 2 rings (SSSR count). The molecule has 0 atom stereocenters. The van der Waals surface area contributed by atoms with Gasteiger partial charge in [-0.25, -0.2) is 0 Å². The van der Waals surface area contributed by atoms with Gasteiger partial charge in [-0.2, -0.15) is 0 Å². The predicted molar refractivity (Wildman–Crippen MR) is 75.7 cm³/mol. The van der Waals surface area contributed by atoms with E-state index in [-0.39, 0.29) is 5.91 Å². The lowest BCUT2D eigenvalue weighted by atomic mass is 10.2. The summed E-state index contributed by atoms with van der Waals surface area (Å²) in [6.45, 7) is 2.71. The number of carbonyl (C=O) groups is 1. The largest absolute Gasteiger partial charge is 0.399 e. The minimum absolute atomic E-state index is 0.0644. The molecule has 0 bridgehead atoms. The molecule has 1 aromatic heterocycles. The van der Waals surface area contributed by atoms with Crippen LogP contribution in [0.1, 0.15) is 27.7 Å². The number of anilines is 1. The van der Waals surface area contributed by atoms with Crippen molar-refractivity contribution in [2.75, 3.05) is 5.73 Å². The van der Waals surface area contributed by atoms with Crippen molar-refractivity contribution < 1.29 is 4.79 Å². The fourth-order valence-electron chi connectivity index (χ4n) is 1.73. The fourth-order valence-corrected chi connectivity index (χ4v) is 2.65. The van der Waals surface area contributed by atoms with E-state index >= 15 is 0 Å². The maximum absolute atomic E-state index is 11.9. The summed E-state index contributed by atoms with van der Waals surface area (Å²) in [6.07, 6.45) is 0.997. The molecular formula is C14H16N2OS. The lowest BCUT2D eigenvalue weighted by Crippen LogP contribution is -2.22. The molecule has 4 heteroatoms. The maximum Gasteiger partial charge on any atom is 0.251 e. The van der Waals surface area contributed by atoms with Gasteiger partial charge in [0.05, 0.1) is 6.54 Å². The second-order valence-electron chi connectivity index (χ2n) is 4.03. The van der Waals surface area contributed by atoms with Crippen molar-refractivity contribution in [1.82, 2.24) is 5.32 Å². The number of amides is 1. The van der Waals surface area contributed by atoms with Crippen LogP contribution >= 0.6 is 11.3 Å². The molecule has 2 aromatic rings. The zero-order valence-corrected chi connectivity index (χ0v) is 11.1. The van der Waals surface area contributed by atoms with Crippen LogP contribution in [0.2, 0.25) is 0 Å². The molecule has 1 heterocycles. The van der Waals surface area contributed by atoms with Gasteiger partial charge in [0.1, 0.15) is 0 Å². The highest BCUT2D eigenvalue weighted by Gasteiger charge is 2.07. The monoisotopic (exact) mass is 260 g/mol. The third-order valence-corrected chi connectivity index (χ3v) is 3.76. The second-order valence-corrected chi connectivity index (χ2v) is 5.03. The summed E-state index contributed by atoms with van der Waals surface area (Å²) in [4.78, 5) is 13.1. The first-order chi connectivity index (χ1) is 8.70. The first-order valence-electron chi connectivity index (χ1n) is 5.89. The molecule has 0 saturated carbocycles. The highest BCUT2D eigenvalue weighted by atomic mass is 32.1. The van der Waals surface area contributed by atoms with Crippen LogP contribution in [0.3, 0.4) is 0 Å². The number of rotatable bonds is 4. The number of nitrogens with two attached hydrogens (primary N) is 1. The highest BCUT2D eigenvalue weighted by molar-refractivity contribution is 7.10. The Morgan fingerprint density at radius 3 is 2.67 bits per heavy atom. The molecule has 0 fully saturated rings. The normalized spacial score (nSPS) is 10.3. The molecule has 18 heavy (non-hydrogen) atoms. The minimum atomic E-state index is -0.0644. The summed E-state index contributed by atoms with van der Waals surface area (Å²) in [7, 11) is 0. The Bertz CT molecular complexity index is 531. The highest BCUT2D eigenvalue weighted by Crippen LogP contribution is 2.17. The lowest BCUT2D eigenvalue weighted by Gasteiger charge is -2.05. The topological polar surface area (TPSA) is 55.1 Å². The van der Waals surface area contributed by atoms with Crippen LogP contribution in [0.4, 0.5) is 5.69 Å². The lowest BCUT2D eigenvalue weighted by molar-refractivity contribution is 0.0951. The van der Waals surface area contributed by atoms with Gasteiger partial charge in [0.15, 0.2) is 0 Å². The molecule has 94 valence electrons. The summed E-state index contributed by atoms with van der Waals surface area (Å²) in [5.41, 5.74) is 8.19. The van der Waals surface area contributed by atoms with Gasteiger partial charge in [-0.05, 0) is 47.7 Å². The number of carbonyl (C=O) groups excluding carboxylic acids is 1. The summed E-state index contributed by atoms with van der Waals surface area (Å²) in [6, 6.07) is 9.05. The molecule has 3 nitrogen and oxygen atoms in total. The maximum atomic E-state index is 11.9. The van der Waals surface area contributed by atoms with Crippen LogP contribution in [-0.2, 0) is 13.0 Å². The molecule has 0 spiro atoms. The third-order valence-electron chi connectivity index (χ3n) is 2.80. The van der Waals surface area contributed by atoms with Gasteiger partial charge in [0, 0.05) is 16.1 Å². The molecule has 0 saturated heterocycles. The van der Waals surface area contributed by atoms with Gasteiger partial charge in [0.25, 0.3) is 5.91 Å². The Balaban J connectivity index is 1.98. The van der Waals surface area contributed by atoms with Crippen molar-refractivity contribution in [3.63, 3.8) is 0 Å². The molecule has 0 unspecified atom stereocenters. The van der Waals surface area contributed by atoms with E-state index < -0.39 is 0 Å². The van der Waals surface area contributed by atoms with E-state index in [0.717, 1.165) is 6.42 Å². The first kappa shape index (κ1) is 12.6. The Kier molecular flexibility index (Phi) is 3.99. The van der Waals surface area contributed by atoms with Crippen molar-refractivity contribution >= 4 is 22.9 Å².